The predicted molar refractivity (Wildman–Crippen MR) is 149 cm³/mol. The normalized spacial score (nSPS) is 14.0. The Hall–Kier alpha value is -4.32. The summed E-state index contributed by atoms with van der Waals surface area (Å²) in [6, 6.07) is 28.6. The van der Waals surface area contributed by atoms with E-state index in [1.807, 2.05) is 48.5 Å². The van der Waals surface area contributed by atoms with Gasteiger partial charge in [-0.15, -0.1) is 5.10 Å². The Bertz CT molecular complexity index is 1570. The molecule has 1 saturated carbocycles. The molecule has 0 aliphatic heterocycles. The van der Waals surface area contributed by atoms with E-state index < -0.39 is 5.97 Å². The highest BCUT2D eigenvalue weighted by Crippen LogP contribution is 2.37. The molecule has 2 aromatic heterocycles. The maximum atomic E-state index is 12.9. The van der Waals surface area contributed by atoms with Crippen LogP contribution >= 0.6 is 0 Å². The fourth-order valence-corrected chi connectivity index (χ4v) is 5.49. The molecule has 0 bridgehead atoms. The van der Waals surface area contributed by atoms with Crippen LogP contribution in [0.25, 0.3) is 39.1 Å². The molecule has 1 aliphatic carbocycles. The summed E-state index contributed by atoms with van der Waals surface area (Å²) in [7, 11) is 0. The van der Waals surface area contributed by atoms with Gasteiger partial charge in [0.15, 0.2) is 5.69 Å². The number of rotatable bonds is 6. The largest absolute Gasteiger partial charge is 0.461 e. The van der Waals surface area contributed by atoms with Gasteiger partial charge in [-0.1, -0.05) is 91.2 Å². The number of hydrogen-bond donors (Lipinski definition) is 0. The second-order valence-corrected chi connectivity index (χ2v) is 9.79. The Morgan fingerprint density at radius 1 is 0.895 bits per heavy atom. The van der Waals surface area contributed by atoms with Crippen LogP contribution in [0.4, 0.5) is 0 Å². The third-order valence-electron chi connectivity index (χ3n) is 7.37. The molecule has 6 heteroatoms. The van der Waals surface area contributed by atoms with Gasteiger partial charge in [0.1, 0.15) is 5.69 Å². The SMILES string of the molecule is CCOC(=O)c1nnn(-c2cc(-c3ccccc3)nc3ccc(C4CCCCC4)cc23)c1-c1ccccc1. The summed E-state index contributed by atoms with van der Waals surface area (Å²) in [6.45, 7) is 2.06. The number of carbonyl (C=O) groups is 1. The van der Waals surface area contributed by atoms with E-state index in [4.69, 9.17) is 9.72 Å². The van der Waals surface area contributed by atoms with Crippen LogP contribution in [0.5, 0.6) is 0 Å². The number of carbonyl (C=O) groups excluding carboxylic acids is 1. The highest BCUT2D eigenvalue weighted by Gasteiger charge is 2.25. The van der Waals surface area contributed by atoms with Gasteiger partial charge in [0.2, 0.25) is 0 Å². The van der Waals surface area contributed by atoms with E-state index in [1.165, 1.54) is 37.7 Å². The van der Waals surface area contributed by atoms with Gasteiger partial charge < -0.3 is 4.74 Å². The zero-order chi connectivity index (χ0) is 25.9. The molecule has 5 aromatic rings. The van der Waals surface area contributed by atoms with Gasteiger partial charge >= 0.3 is 5.97 Å². The monoisotopic (exact) mass is 502 g/mol. The molecule has 38 heavy (non-hydrogen) atoms. The first-order valence-electron chi connectivity index (χ1n) is 13.4. The molecule has 1 fully saturated rings. The first kappa shape index (κ1) is 24.0. The van der Waals surface area contributed by atoms with E-state index in [-0.39, 0.29) is 12.3 Å². The Labute approximate surface area is 222 Å². The minimum absolute atomic E-state index is 0.202. The molecule has 2 heterocycles. The lowest BCUT2D eigenvalue weighted by Crippen LogP contribution is -2.08. The zero-order valence-electron chi connectivity index (χ0n) is 21.5. The van der Waals surface area contributed by atoms with Crippen molar-refractivity contribution < 1.29 is 9.53 Å². The number of pyridine rings is 1. The maximum absolute atomic E-state index is 12.9. The Morgan fingerprint density at radius 2 is 1.61 bits per heavy atom. The van der Waals surface area contributed by atoms with E-state index in [0.29, 0.717) is 11.6 Å². The summed E-state index contributed by atoms with van der Waals surface area (Å²) in [5.74, 6) is 0.0661. The standard InChI is InChI=1S/C32H30N4O2/c1-2-38-32(37)30-31(24-16-10-5-11-17-24)36(35-34-30)29-21-28(23-14-8-4-9-15-23)33-27-19-18-25(20-26(27)29)22-12-6-3-7-13-22/h4-5,8-11,14-22H,2-3,6-7,12-13H2,1H3. The second-order valence-electron chi connectivity index (χ2n) is 9.79. The van der Waals surface area contributed by atoms with Crippen LogP contribution in [0.2, 0.25) is 0 Å². The molecule has 0 unspecified atom stereocenters. The fourth-order valence-electron chi connectivity index (χ4n) is 5.49. The van der Waals surface area contributed by atoms with Gasteiger partial charge in [0.25, 0.3) is 0 Å². The molecule has 1 aliphatic rings. The summed E-state index contributed by atoms with van der Waals surface area (Å²) in [4.78, 5) is 18.0. The summed E-state index contributed by atoms with van der Waals surface area (Å²) in [6.07, 6.45) is 6.27. The van der Waals surface area contributed by atoms with Crippen LogP contribution in [0.1, 0.15) is 61.0 Å². The topological polar surface area (TPSA) is 69.9 Å². The van der Waals surface area contributed by atoms with Crippen molar-refractivity contribution in [1.29, 1.82) is 0 Å². The van der Waals surface area contributed by atoms with Gasteiger partial charge in [0, 0.05) is 16.5 Å². The highest BCUT2D eigenvalue weighted by atomic mass is 16.5. The van der Waals surface area contributed by atoms with E-state index in [0.717, 1.165) is 33.4 Å². The molecule has 6 nitrogen and oxygen atoms in total. The fraction of sp³-hybridized carbons (Fsp3) is 0.250. The van der Waals surface area contributed by atoms with Gasteiger partial charge in [-0.25, -0.2) is 14.5 Å². The number of nitrogens with zero attached hydrogens (tertiary/aromatic N) is 4. The van der Waals surface area contributed by atoms with Crippen LogP contribution in [-0.4, -0.2) is 32.6 Å². The Balaban J connectivity index is 1.61. The average Bonchev–Trinajstić information content (AvgIpc) is 3.43. The minimum Gasteiger partial charge on any atom is -0.461 e. The van der Waals surface area contributed by atoms with E-state index in [1.54, 1.807) is 11.6 Å². The predicted octanol–water partition coefficient (Wildman–Crippen LogP) is 7.37. The van der Waals surface area contributed by atoms with Crippen LogP contribution in [0.15, 0.2) is 84.9 Å². The molecule has 0 amide bonds. The highest BCUT2D eigenvalue weighted by molar-refractivity contribution is 5.96. The number of ether oxygens (including phenoxy) is 1. The molecule has 0 saturated heterocycles. The van der Waals surface area contributed by atoms with Crippen molar-refractivity contribution >= 4 is 16.9 Å². The maximum Gasteiger partial charge on any atom is 0.361 e. The molecule has 0 radical (unpaired) electrons. The lowest BCUT2D eigenvalue weighted by Gasteiger charge is -2.22. The average molecular weight is 503 g/mol. The van der Waals surface area contributed by atoms with E-state index >= 15 is 0 Å². The van der Waals surface area contributed by atoms with Crippen molar-refractivity contribution in [2.24, 2.45) is 0 Å². The van der Waals surface area contributed by atoms with Gasteiger partial charge in [-0.05, 0) is 49.4 Å². The molecular formula is C32H30N4O2. The van der Waals surface area contributed by atoms with Crippen LogP contribution in [0, 0.1) is 0 Å². The second kappa shape index (κ2) is 10.6. The molecule has 190 valence electrons. The van der Waals surface area contributed by atoms with Gasteiger partial charge in [-0.2, -0.15) is 0 Å². The summed E-state index contributed by atoms with van der Waals surface area (Å²) < 4.78 is 7.13. The van der Waals surface area contributed by atoms with Gasteiger partial charge in [0.05, 0.1) is 23.5 Å². The van der Waals surface area contributed by atoms with E-state index in [2.05, 4.69) is 46.7 Å². The van der Waals surface area contributed by atoms with Crippen molar-refractivity contribution in [1.82, 2.24) is 20.0 Å². The number of hydrogen-bond acceptors (Lipinski definition) is 5. The van der Waals surface area contributed by atoms with Crippen molar-refractivity contribution in [2.75, 3.05) is 6.61 Å². The van der Waals surface area contributed by atoms with Crippen molar-refractivity contribution in [2.45, 2.75) is 44.9 Å². The summed E-state index contributed by atoms with van der Waals surface area (Å²) in [5.41, 5.74) is 6.56. The molecule has 3 aromatic carbocycles. The van der Waals surface area contributed by atoms with E-state index in [9.17, 15) is 4.79 Å². The summed E-state index contributed by atoms with van der Waals surface area (Å²) in [5, 5.41) is 9.85. The van der Waals surface area contributed by atoms with Gasteiger partial charge in [-0.3, -0.25) is 0 Å². The van der Waals surface area contributed by atoms with Crippen LogP contribution < -0.4 is 0 Å². The minimum atomic E-state index is -0.484. The summed E-state index contributed by atoms with van der Waals surface area (Å²) >= 11 is 0. The third kappa shape index (κ3) is 4.58. The zero-order valence-corrected chi connectivity index (χ0v) is 21.5. The number of fused-ring (bicyclic) bond motifs is 1. The van der Waals surface area contributed by atoms with Crippen LogP contribution in [0.3, 0.4) is 0 Å². The molecule has 0 spiro atoms. The number of esters is 1. The van der Waals surface area contributed by atoms with Crippen LogP contribution in [-0.2, 0) is 4.74 Å². The number of benzene rings is 3. The smallest absolute Gasteiger partial charge is 0.361 e. The molecule has 0 atom stereocenters. The molecule has 0 N–H and O–H groups in total. The lowest BCUT2D eigenvalue weighted by molar-refractivity contribution is 0.0520. The third-order valence-corrected chi connectivity index (χ3v) is 7.37. The lowest BCUT2D eigenvalue weighted by atomic mass is 9.83. The number of aromatic nitrogens is 4. The Kier molecular flexibility index (Phi) is 6.69. The molecule has 6 rings (SSSR count). The molecular weight excluding hydrogens is 472 g/mol. The first-order valence-corrected chi connectivity index (χ1v) is 13.4. The van der Waals surface area contributed by atoms with Crippen molar-refractivity contribution in [3.8, 4) is 28.2 Å². The Morgan fingerprint density at radius 3 is 2.32 bits per heavy atom. The van der Waals surface area contributed by atoms with Crippen molar-refractivity contribution in [3.63, 3.8) is 0 Å². The van der Waals surface area contributed by atoms with Crippen molar-refractivity contribution in [3.05, 3.63) is 96.2 Å². The first-order chi connectivity index (χ1) is 18.7. The quantitative estimate of drug-likeness (QED) is 0.227.